The van der Waals surface area contributed by atoms with E-state index in [2.05, 4.69) is 10.4 Å². The Kier molecular flexibility index (Phi) is 5.05. The molecule has 1 N–H and O–H groups in total. The lowest BCUT2D eigenvalue weighted by Gasteiger charge is -2.22. The van der Waals surface area contributed by atoms with Crippen molar-refractivity contribution in [2.75, 3.05) is 6.54 Å². The Morgan fingerprint density at radius 2 is 2.04 bits per heavy atom. The van der Waals surface area contributed by atoms with E-state index in [9.17, 15) is 9.59 Å². The third kappa shape index (κ3) is 3.54. The summed E-state index contributed by atoms with van der Waals surface area (Å²) in [7, 11) is 0. The summed E-state index contributed by atoms with van der Waals surface area (Å²) in [4.78, 5) is 25.1. The molecule has 0 bridgehead atoms. The van der Waals surface area contributed by atoms with Crippen LogP contribution in [-0.2, 0) is 9.59 Å². The van der Waals surface area contributed by atoms with Gasteiger partial charge in [-0.25, -0.2) is 5.01 Å². The molecule has 0 spiro atoms. The van der Waals surface area contributed by atoms with Crippen LogP contribution in [0.25, 0.3) is 0 Å². The molecule has 2 aromatic rings. The van der Waals surface area contributed by atoms with Crippen molar-refractivity contribution in [2.24, 2.45) is 5.10 Å². The molecule has 1 atom stereocenters. The second-order valence-corrected chi connectivity index (χ2v) is 6.47. The first-order chi connectivity index (χ1) is 11.7. The van der Waals surface area contributed by atoms with Crippen LogP contribution in [0.2, 0.25) is 0 Å². The highest BCUT2D eigenvalue weighted by Gasteiger charge is 2.33. The smallest absolute Gasteiger partial charge is 0.262 e. The molecular weight excluding hydrogens is 322 g/mol. The Balaban J connectivity index is 1.82. The molecule has 0 fully saturated rings. The van der Waals surface area contributed by atoms with Crippen LogP contribution in [0.5, 0.6) is 0 Å². The molecule has 1 aliphatic heterocycles. The lowest BCUT2D eigenvalue weighted by molar-refractivity contribution is -0.134. The van der Waals surface area contributed by atoms with Crippen LogP contribution in [0.1, 0.15) is 36.2 Å². The second-order valence-electron chi connectivity index (χ2n) is 5.52. The first kappa shape index (κ1) is 16.4. The molecule has 1 aromatic carbocycles. The van der Waals surface area contributed by atoms with Crippen molar-refractivity contribution >= 4 is 28.9 Å². The van der Waals surface area contributed by atoms with Crippen molar-refractivity contribution in [1.82, 2.24) is 10.3 Å². The van der Waals surface area contributed by atoms with Crippen LogP contribution < -0.4 is 5.32 Å². The van der Waals surface area contributed by atoms with E-state index in [-0.39, 0.29) is 24.4 Å². The summed E-state index contributed by atoms with van der Waals surface area (Å²) in [5.74, 6) is -0.335. The first-order valence-corrected chi connectivity index (χ1v) is 8.82. The second kappa shape index (κ2) is 7.40. The van der Waals surface area contributed by atoms with Crippen LogP contribution in [0.15, 0.2) is 52.9 Å². The lowest BCUT2D eigenvalue weighted by Crippen LogP contribution is -2.37. The van der Waals surface area contributed by atoms with Crippen LogP contribution in [-0.4, -0.2) is 29.1 Å². The average Bonchev–Trinajstić information content (AvgIpc) is 3.29. The molecule has 0 aliphatic carbocycles. The Bertz CT molecular complexity index is 741. The summed E-state index contributed by atoms with van der Waals surface area (Å²) in [6.07, 6.45) is 1.04. The van der Waals surface area contributed by atoms with Crippen molar-refractivity contribution in [1.29, 1.82) is 0 Å². The van der Waals surface area contributed by atoms with Crippen molar-refractivity contribution in [3.63, 3.8) is 0 Å². The van der Waals surface area contributed by atoms with Gasteiger partial charge in [0.25, 0.3) is 5.91 Å². The number of benzene rings is 1. The third-order valence-electron chi connectivity index (χ3n) is 3.91. The number of carbonyl (C=O) groups is 2. The first-order valence-electron chi connectivity index (χ1n) is 7.94. The van der Waals surface area contributed by atoms with Crippen LogP contribution in [0.3, 0.4) is 0 Å². The minimum Gasteiger partial charge on any atom is -0.347 e. The zero-order valence-electron chi connectivity index (χ0n) is 13.4. The fourth-order valence-corrected chi connectivity index (χ4v) is 3.37. The molecule has 1 aromatic heterocycles. The van der Waals surface area contributed by atoms with Gasteiger partial charge in [0.1, 0.15) is 0 Å². The molecule has 24 heavy (non-hydrogen) atoms. The molecule has 0 saturated carbocycles. The SMILES string of the molecule is CCC(=O)NCC(=O)N1N=C(c2cccs2)C[C@@H]1c1ccccc1. The van der Waals surface area contributed by atoms with Crippen molar-refractivity contribution in [3.8, 4) is 0 Å². The minimum absolute atomic E-state index is 0.0305. The summed E-state index contributed by atoms with van der Waals surface area (Å²) in [6.45, 7) is 1.73. The fraction of sp³-hybridized carbons (Fsp3) is 0.278. The summed E-state index contributed by atoms with van der Waals surface area (Å²) in [5.41, 5.74) is 1.96. The van der Waals surface area contributed by atoms with Gasteiger partial charge in [-0.1, -0.05) is 43.3 Å². The number of amides is 2. The van der Waals surface area contributed by atoms with E-state index in [0.29, 0.717) is 12.8 Å². The normalized spacial score (nSPS) is 16.8. The Hall–Kier alpha value is -2.47. The minimum atomic E-state index is -0.197. The number of thiophene rings is 1. The number of nitrogens with zero attached hydrogens (tertiary/aromatic N) is 2. The highest BCUT2D eigenvalue weighted by molar-refractivity contribution is 7.12. The predicted octanol–water partition coefficient (Wildman–Crippen LogP) is 2.95. The maximum atomic E-state index is 12.6. The number of carbonyl (C=O) groups excluding carboxylic acids is 2. The number of rotatable bonds is 5. The van der Waals surface area contributed by atoms with Crippen LogP contribution >= 0.6 is 11.3 Å². The quantitative estimate of drug-likeness (QED) is 0.909. The Morgan fingerprint density at radius 3 is 2.71 bits per heavy atom. The van der Waals surface area contributed by atoms with E-state index in [1.54, 1.807) is 18.3 Å². The van der Waals surface area contributed by atoms with Crippen LogP contribution in [0, 0.1) is 0 Å². The van der Waals surface area contributed by atoms with Gasteiger partial charge in [0.2, 0.25) is 5.91 Å². The number of hydrogen-bond acceptors (Lipinski definition) is 4. The van der Waals surface area contributed by atoms with Gasteiger partial charge in [0.05, 0.1) is 23.2 Å². The monoisotopic (exact) mass is 341 g/mol. The zero-order valence-corrected chi connectivity index (χ0v) is 14.3. The van der Waals surface area contributed by atoms with E-state index in [4.69, 9.17) is 0 Å². The lowest BCUT2D eigenvalue weighted by atomic mass is 10.0. The Labute approximate surface area is 145 Å². The summed E-state index contributed by atoms with van der Waals surface area (Å²) < 4.78 is 0. The van der Waals surface area contributed by atoms with Crippen molar-refractivity contribution in [2.45, 2.75) is 25.8 Å². The van der Waals surface area contributed by atoms with E-state index in [1.165, 1.54) is 5.01 Å². The number of nitrogens with one attached hydrogen (secondary N) is 1. The summed E-state index contributed by atoms with van der Waals surface area (Å²) in [6, 6.07) is 13.7. The standard InChI is InChI=1S/C18H19N3O2S/c1-2-17(22)19-12-18(23)21-15(13-7-4-3-5-8-13)11-14(20-21)16-9-6-10-24-16/h3-10,15H,2,11-12H2,1H3,(H,19,22)/t15-/m1/s1. The molecule has 124 valence electrons. The zero-order chi connectivity index (χ0) is 16.9. The van der Waals surface area contributed by atoms with Gasteiger partial charge in [0, 0.05) is 12.8 Å². The molecule has 3 rings (SSSR count). The molecule has 5 nitrogen and oxygen atoms in total. The largest absolute Gasteiger partial charge is 0.347 e. The maximum Gasteiger partial charge on any atom is 0.262 e. The van der Waals surface area contributed by atoms with Crippen molar-refractivity contribution in [3.05, 3.63) is 58.3 Å². The maximum absolute atomic E-state index is 12.6. The van der Waals surface area contributed by atoms with Gasteiger partial charge in [0.15, 0.2) is 0 Å². The molecule has 2 heterocycles. The topological polar surface area (TPSA) is 61.8 Å². The van der Waals surface area contributed by atoms with Gasteiger partial charge < -0.3 is 5.32 Å². The van der Waals surface area contributed by atoms with Gasteiger partial charge in [-0.05, 0) is 17.0 Å². The molecule has 2 amide bonds. The molecule has 0 unspecified atom stereocenters. The predicted molar refractivity (Wildman–Crippen MR) is 94.8 cm³/mol. The highest BCUT2D eigenvalue weighted by Crippen LogP contribution is 2.33. The van der Waals surface area contributed by atoms with Crippen LogP contribution in [0.4, 0.5) is 0 Å². The van der Waals surface area contributed by atoms with Gasteiger partial charge in [-0.15, -0.1) is 11.3 Å². The van der Waals surface area contributed by atoms with E-state index < -0.39 is 0 Å². The molecule has 0 radical (unpaired) electrons. The van der Waals surface area contributed by atoms with Gasteiger partial charge >= 0.3 is 0 Å². The van der Waals surface area contributed by atoms with E-state index in [0.717, 1.165) is 16.2 Å². The van der Waals surface area contributed by atoms with Gasteiger partial charge in [-0.3, -0.25) is 9.59 Å². The van der Waals surface area contributed by atoms with E-state index in [1.807, 2.05) is 47.8 Å². The molecule has 1 aliphatic rings. The highest BCUT2D eigenvalue weighted by atomic mass is 32.1. The third-order valence-corrected chi connectivity index (χ3v) is 4.83. The summed E-state index contributed by atoms with van der Waals surface area (Å²) in [5, 5.41) is 10.7. The molecule has 0 saturated heterocycles. The van der Waals surface area contributed by atoms with Gasteiger partial charge in [-0.2, -0.15) is 5.10 Å². The summed E-state index contributed by atoms with van der Waals surface area (Å²) >= 11 is 1.61. The number of hydrazone groups is 1. The molecular formula is C18H19N3O2S. The fourth-order valence-electron chi connectivity index (χ4n) is 2.65. The molecule has 6 heteroatoms. The average molecular weight is 341 g/mol. The number of hydrogen-bond donors (Lipinski definition) is 1. The van der Waals surface area contributed by atoms with E-state index >= 15 is 0 Å². The Morgan fingerprint density at radius 1 is 1.25 bits per heavy atom. The van der Waals surface area contributed by atoms with Crippen molar-refractivity contribution < 1.29 is 9.59 Å².